The molecule has 2 rings (SSSR count). The molecule has 5 nitrogen and oxygen atoms in total. The van der Waals surface area contributed by atoms with Crippen molar-refractivity contribution in [3.05, 3.63) is 35.9 Å². The van der Waals surface area contributed by atoms with Crippen LogP contribution in [0.4, 0.5) is 0 Å². The van der Waals surface area contributed by atoms with Crippen LogP contribution in [0.25, 0.3) is 0 Å². The molecule has 0 radical (unpaired) electrons. The summed E-state index contributed by atoms with van der Waals surface area (Å²) in [7, 11) is 0. The van der Waals surface area contributed by atoms with E-state index in [1.807, 2.05) is 18.2 Å². The van der Waals surface area contributed by atoms with Crippen molar-refractivity contribution in [1.29, 1.82) is 0 Å². The highest BCUT2D eigenvalue weighted by molar-refractivity contribution is 6.45. The summed E-state index contributed by atoms with van der Waals surface area (Å²) in [6, 6.07) is 9.00. The standard InChI is InChI=1S/C16H23N3O2/c20-16(15(18-21)14-8-3-1-4-9-14)17-10-7-13-19-11-5-2-6-12-19/h1,3-4,8-9,21H,2,5-7,10-13H2,(H,17,20)/p+1/b18-15+. The molecular weight excluding hydrogens is 266 g/mol. The third kappa shape index (κ3) is 4.86. The molecule has 0 saturated carbocycles. The fourth-order valence-electron chi connectivity index (χ4n) is 2.76. The summed E-state index contributed by atoms with van der Waals surface area (Å²) < 4.78 is 0. The third-order valence-corrected chi connectivity index (χ3v) is 3.92. The summed E-state index contributed by atoms with van der Waals surface area (Å²) in [6.07, 6.45) is 4.94. The molecule has 114 valence electrons. The molecule has 0 bridgehead atoms. The fourth-order valence-corrected chi connectivity index (χ4v) is 2.76. The number of amides is 1. The molecule has 1 saturated heterocycles. The van der Waals surface area contributed by atoms with Gasteiger partial charge in [-0.3, -0.25) is 4.79 Å². The van der Waals surface area contributed by atoms with Gasteiger partial charge in [-0.15, -0.1) is 0 Å². The molecule has 0 atom stereocenters. The van der Waals surface area contributed by atoms with E-state index in [4.69, 9.17) is 5.21 Å². The van der Waals surface area contributed by atoms with Crippen LogP contribution in [-0.4, -0.2) is 43.0 Å². The van der Waals surface area contributed by atoms with E-state index in [0.717, 1.165) is 13.0 Å². The van der Waals surface area contributed by atoms with Crippen LogP contribution in [0.1, 0.15) is 31.2 Å². The SMILES string of the molecule is O=C(NCCC[NH+]1CCCCC1)/C(=N/O)c1ccccc1. The second-order valence-electron chi connectivity index (χ2n) is 5.48. The lowest BCUT2D eigenvalue weighted by Crippen LogP contribution is -3.12. The molecule has 1 fully saturated rings. The average Bonchev–Trinajstić information content (AvgIpc) is 2.54. The zero-order valence-electron chi connectivity index (χ0n) is 12.3. The number of likely N-dealkylation sites (tertiary alicyclic amines) is 1. The topological polar surface area (TPSA) is 66.1 Å². The number of benzene rings is 1. The Morgan fingerprint density at radius 1 is 1.19 bits per heavy atom. The van der Waals surface area contributed by atoms with Gasteiger partial charge in [0.05, 0.1) is 19.6 Å². The number of hydrogen-bond donors (Lipinski definition) is 3. The molecular formula is C16H24N3O2+. The molecule has 0 aromatic heterocycles. The van der Waals surface area contributed by atoms with E-state index in [-0.39, 0.29) is 11.6 Å². The Labute approximate surface area is 125 Å². The first-order valence-electron chi connectivity index (χ1n) is 7.70. The van der Waals surface area contributed by atoms with E-state index >= 15 is 0 Å². The maximum absolute atomic E-state index is 12.0. The quantitative estimate of drug-likeness (QED) is 0.308. The number of hydrogen-bond acceptors (Lipinski definition) is 3. The van der Waals surface area contributed by atoms with Gasteiger partial charge in [-0.25, -0.2) is 0 Å². The number of nitrogens with zero attached hydrogens (tertiary/aromatic N) is 1. The van der Waals surface area contributed by atoms with E-state index in [2.05, 4.69) is 10.5 Å². The molecule has 0 spiro atoms. The summed E-state index contributed by atoms with van der Waals surface area (Å²) in [5, 5.41) is 15.0. The van der Waals surface area contributed by atoms with Crippen LogP contribution in [0, 0.1) is 0 Å². The minimum Gasteiger partial charge on any atom is -0.410 e. The number of rotatable bonds is 6. The Morgan fingerprint density at radius 3 is 2.57 bits per heavy atom. The molecule has 1 heterocycles. The van der Waals surface area contributed by atoms with Gasteiger partial charge in [0.15, 0.2) is 5.71 Å². The number of quaternary nitrogens is 1. The molecule has 5 heteroatoms. The Kier molecular flexibility index (Phi) is 6.22. The summed E-state index contributed by atoms with van der Waals surface area (Å²) >= 11 is 0. The number of oxime groups is 1. The smallest absolute Gasteiger partial charge is 0.273 e. The fraction of sp³-hybridized carbons (Fsp3) is 0.500. The highest BCUT2D eigenvalue weighted by Gasteiger charge is 2.15. The molecule has 3 N–H and O–H groups in total. The first-order chi connectivity index (χ1) is 10.3. The van der Waals surface area contributed by atoms with Crippen LogP contribution in [-0.2, 0) is 4.79 Å². The van der Waals surface area contributed by atoms with Crippen LogP contribution < -0.4 is 10.2 Å². The maximum atomic E-state index is 12.0. The van der Waals surface area contributed by atoms with Crippen LogP contribution in [0.15, 0.2) is 35.5 Å². The first-order valence-corrected chi connectivity index (χ1v) is 7.70. The van der Waals surface area contributed by atoms with Crippen LogP contribution in [0.3, 0.4) is 0 Å². The highest BCUT2D eigenvalue weighted by Crippen LogP contribution is 2.01. The Hall–Kier alpha value is -1.88. The zero-order valence-corrected chi connectivity index (χ0v) is 12.3. The molecule has 1 aliphatic heterocycles. The van der Waals surface area contributed by atoms with Crippen molar-refractivity contribution in [3.63, 3.8) is 0 Å². The first kappa shape index (κ1) is 15.5. The van der Waals surface area contributed by atoms with Crippen LogP contribution in [0.2, 0.25) is 0 Å². The number of carbonyl (C=O) groups excluding carboxylic acids is 1. The van der Waals surface area contributed by atoms with E-state index in [0.29, 0.717) is 12.1 Å². The monoisotopic (exact) mass is 290 g/mol. The van der Waals surface area contributed by atoms with Crippen molar-refractivity contribution >= 4 is 11.6 Å². The van der Waals surface area contributed by atoms with Gasteiger partial charge in [0, 0.05) is 18.5 Å². The van der Waals surface area contributed by atoms with Crippen LogP contribution >= 0.6 is 0 Å². The molecule has 1 aliphatic rings. The van der Waals surface area contributed by atoms with Gasteiger partial charge in [-0.1, -0.05) is 35.5 Å². The molecule has 21 heavy (non-hydrogen) atoms. The van der Waals surface area contributed by atoms with Gasteiger partial charge < -0.3 is 15.4 Å². The predicted octanol–water partition coefficient (Wildman–Crippen LogP) is 0.440. The number of nitrogens with one attached hydrogen (secondary N) is 2. The molecule has 1 aromatic carbocycles. The lowest BCUT2D eigenvalue weighted by atomic mass is 10.1. The van der Waals surface area contributed by atoms with Gasteiger partial charge in [0.25, 0.3) is 5.91 Å². The summed E-state index contributed by atoms with van der Waals surface area (Å²) in [6.45, 7) is 4.22. The molecule has 0 aliphatic carbocycles. The Bertz CT molecular complexity index is 468. The van der Waals surface area contributed by atoms with Crippen molar-refractivity contribution < 1.29 is 14.9 Å². The van der Waals surface area contributed by atoms with Gasteiger partial charge in [-0.05, 0) is 19.3 Å². The number of piperidine rings is 1. The van der Waals surface area contributed by atoms with E-state index < -0.39 is 0 Å². The summed E-state index contributed by atoms with van der Waals surface area (Å²) in [5.74, 6) is -0.322. The molecule has 1 aromatic rings. The third-order valence-electron chi connectivity index (χ3n) is 3.92. The highest BCUT2D eigenvalue weighted by atomic mass is 16.4. The maximum Gasteiger partial charge on any atom is 0.273 e. The summed E-state index contributed by atoms with van der Waals surface area (Å²) in [4.78, 5) is 13.7. The lowest BCUT2D eigenvalue weighted by Gasteiger charge is -2.23. The molecule has 1 amide bonds. The zero-order chi connectivity index (χ0) is 14.9. The van der Waals surface area contributed by atoms with E-state index in [1.54, 1.807) is 17.0 Å². The van der Waals surface area contributed by atoms with Crippen molar-refractivity contribution in [2.24, 2.45) is 5.16 Å². The van der Waals surface area contributed by atoms with Crippen molar-refractivity contribution in [1.82, 2.24) is 5.32 Å². The second-order valence-corrected chi connectivity index (χ2v) is 5.48. The Morgan fingerprint density at radius 2 is 1.90 bits per heavy atom. The minimum atomic E-state index is -0.322. The second kappa shape index (κ2) is 8.42. The van der Waals surface area contributed by atoms with E-state index in [9.17, 15) is 4.79 Å². The predicted molar refractivity (Wildman–Crippen MR) is 81.8 cm³/mol. The normalized spacial score (nSPS) is 16.7. The number of carbonyl (C=O) groups is 1. The van der Waals surface area contributed by atoms with Gasteiger partial charge in [0.1, 0.15) is 0 Å². The van der Waals surface area contributed by atoms with Gasteiger partial charge in [0.2, 0.25) is 0 Å². The summed E-state index contributed by atoms with van der Waals surface area (Å²) in [5.41, 5.74) is 0.695. The minimum absolute atomic E-state index is 0.0703. The van der Waals surface area contributed by atoms with Crippen LogP contribution in [0.5, 0.6) is 0 Å². The van der Waals surface area contributed by atoms with Gasteiger partial charge >= 0.3 is 0 Å². The lowest BCUT2D eigenvalue weighted by molar-refractivity contribution is -0.904. The molecule has 0 unspecified atom stereocenters. The van der Waals surface area contributed by atoms with Gasteiger partial charge in [-0.2, -0.15) is 0 Å². The van der Waals surface area contributed by atoms with Crippen molar-refractivity contribution in [3.8, 4) is 0 Å². The van der Waals surface area contributed by atoms with Crippen molar-refractivity contribution in [2.75, 3.05) is 26.2 Å². The average molecular weight is 290 g/mol. The Balaban J connectivity index is 1.73. The van der Waals surface area contributed by atoms with Crippen molar-refractivity contribution in [2.45, 2.75) is 25.7 Å². The largest absolute Gasteiger partial charge is 0.410 e. The van der Waals surface area contributed by atoms with E-state index in [1.165, 1.54) is 32.4 Å².